The standard InChI is InChI=1S/C22H27ClN2O3/c1-15(16-6-4-7-17(23)12-16)24-14-22(26)25-11-5-8-20(25)19-13-18(27-2)9-10-21(19)28-3/h4,6-7,9-10,12-13,15,20,24H,5,8,11,14H2,1-3H3. The van der Waals surface area contributed by atoms with Gasteiger partial charge in [-0.05, 0) is 55.7 Å². The number of halogens is 1. The number of nitrogens with zero attached hydrogens (tertiary/aromatic N) is 1. The van der Waals surface area contributed by atoms with E-state index in [0.29, 0.717) is 5.02 Å². The Hall–Kier alpha value is -2.24. The Morgan fingerprint density at radius 1 is 1.25 bits per heavy atom. The van der Waals surface area contributed by atoms with Crippen LogP contribution in [-0.4, -0.2) is 38.1 Å². The number of rotatable bonds is 7. The van der Waals surface area contributed by atoms with E-state index in [2.05, 4.69) is 5.32 Å². The van der Waals surface area contributed by atoms with Gasteiger partial charge in [0.1, 0.15) is 11.5 Å². The van der Waals surface area contributed by atoms with Crippen LogP contribution in [0.1, 0.15) is 43.0 Å². The van der Waals surface area contributed by atoms with Gasteiger partial charge >= 0.3 is 0 Å². The summed E-state index contributed by atoms with van der Waals surface area (Å²) >= 11 is 6.07. The topological polar surface area (TPSA) is 50.8 Å². The van der Waals surface area contributed by atoms with Crippen molar-refractivity contribution in [2.45, 2.75) is 31.8 Å². The molecule has 0 saturated carbocycles. The van der Waals surface area contributed by atoms with Gasteiger partial charge in [-0.2, -0.15) is 0 Å². The first-order valence-corrected chi connectivity index (χ1v) is 9.91. The molecular formula is C22H27ClN2O3. The van der Waals surface area contributed by atoms with Crippen LogP contribution in [0.25, 0.3) is 0 Å². The first-order chi connectivity index (χ1) is 13.5. The highest BCUT2D eigenvalue weighted by atomic mass is 35.5. The molecule has 150 valence electrons. The number of benzene rings is 2. The summed E-state index contributed by atoms with van der Waals surface area (Å²) in [6.45, 7) is 3.05. The second kappa shape index (κ2) is 9.30. The van der Waals surface area contributed by atoms with Crippen molar-refractivity contribution < 1.29 is 14.3 Å². The Labute approximate surface area is 171 Å². The predicted molar refractivity (Wildman–Crippen MR) is 111 cm³/mol. The molecule has 1 amide bonds. The lowest BCUT2D eigenvalue weighted by atomic mass is 10.0. The summed E-state index contributed by atoms with van der Waals surface area (Å²) in [7, 11) is 3.30. The molecular weight excluding hydrogens is 376 g/mol. The molecule has 2 unspecified atom stereocenters. The maximum absolute atomic E-state index is 13.0. The summed E-state index contributed by atoms with van der Waals surface area (Å²) < 4.78 is 10.9. The second-order valence-electron chi connectivity index (χ2n) is 7.01. The third kappa shape index (κ3) is 4.59. The summed E-state index contributed by atoms with van der Waals surface area (Å²) in [4.78, 5) is 14.9. The average Bonchev–Trinajstić information content (AvgIpc) is 3.21. The van der Waals surface area contributed by atoms with E-state index in [0.717, 1.165) is 42.0 Å². The van der Waals surface area contributed by atoms with Crippen LogP contribution >= 0.6 is 11.6 Å². The minimum absolute atomic E-state index is 0.000765. The number of ether oxygens (including phenoxy) is 2. The Bertz CT molecular complexity index is 827. The van der Waals surface area contributed by atoms with Crippen molar-refractivity contribution >= 4 is 17.5 Å². The van der Waals surface area contributed by atoms with Crippen molar-refractivity contribution in [1.29, 1.82) is 0 Å². The Balaban J connectivity index is 1.70. The van der Waals surface area contributed by atoms with Gasteiger partial charge in [-0.25, -0.2) is 0 Å². The molecule has 1 aliphatic heterocycles. The van der Waals surface area contributed by atoms with Gasteiger partial charge in [-0.1, -0.05) is 23.7 Å². The van der Waals surface area contributed by atoms with Crippen LogP contribution in [0.3, 0.4) is 0 Å². The smallest absolute Gasteiger partial charge is 0.237 e. The number of nitrogens with one attached hydrogen (secondary N) is 1. The van der Waals surface area contributed by atoms with Gasteiger partial charge in [0.15, 0.2) is 0 Å². The number of methoxy groups -OCH3 is 2. The molecule has 2 aromatic rings. The van der Waals surface area contributed by atoms with E-state index < -0.39 is 0 Å². The fraction of sp³-hybridized carbons (Fsp3) is 0.409. The van der Waals surface area contributed by atoms with Gasteiger partial charge < -0.3 is 19.7 Å². The molecule has 1 heterocycles. The number of likely N-dealkylation sites (tertiary alicyclic amines) is 1. The summed E-state index contributed by atoms with van der Waals surface area (Å²) in [5.41, 5.74) is 2.06. The number of hydrogen-bond acceptors (Lipinski definition) is 4. The number of carbonyl (C=O) groups is 1. The van der Waals surface area contributed by atoms with Gasteiger partial charge in [-0.15, -0.1) is 0 Å². The van der Waals surface area contributed by atoms with Crippen LogP contribution in [0.2, 0.25) is 5.02 Å². The molecule has 1 N–H and O–H groups in total. The molecule has 0 radical (unpaired) electrons. The fourth-order valence-electron chi connectivity index (χ4n) is 3.72. The van der Waals surface area contributed by atoms with Gasteiger partial charge in [0.2, 0.25) is 5.91 Å². The van der Waals surface area contributed by atoms with Crippen LogP contribution < -0.4 is 14.8 Å². The molecule has 1 fully saturated rings. The Morgan fingerprint density at radius 2 is 2.07 bits per heavy atom. The maximum Gasteiger partial charge on any atom is 0.237 e. The molecule has 0 aliphatic carbocycles. The maximum atomic E-state index is 13.0. The zero-order valence-corrected chi connectivity index (χ0v) is 17.3. The van der Waals surface area contributed by atoms with Gasteiger partial charge in [-0.3, -0.25) is 4.79 Å². The number of hydrogen-bond donors (Lipinski definition) is 1. The van der Waals surface area contributed by atoms with Crippen LogP contribution in [0.5, 0.6) is 11.5 Å². The lowest BCUT2D eigenvalue weighted by Crippen LogP contribution is -2.38. The summed E-state index contributed by atoms with van der Waals surface area (Å²) in [5, 5.41) is 4.02. The zero-order valence-electron chi connectivity index (χ0n) is 16.6. The Morgan fingerprint density at radius 3 is 2.79 bits per heavy atom. The molecule has 28 heavy (non-hydrogen) atoms. The van der Waals surface area contributed by atoms with Crippen molar-refractivity contribution in [3.8, 4) is 11.5 Å². The van der Waals surface area contributed by atoms with E-state index in [9.17, 15) is 4.79 Å². The van der Waals surface area contributed by atoms with E-state index in [1.54, 1.807) is 14.2 Å². The largest absolute Gasteiger partial charge is 0.497 e. The van der Waals surface area contributed by atoms with Crippen molar-refractivity contribution in [2.75, 3.05) is 27.3 Å². The monoisotopic (exact) mass is 402 g/mol. The molecule has 1 aliphatic rings. The molecule has 0 bridgehead atoms. The Kier molecular flexibility index (Phi) is 6.81. The second-order valence-corrected chi connectivity index (χ2v) is 7.45. The normalized spacial score (nSPS) is 17.4. The lowest BCUT2D eigenvalue weighted by Gasteiger charge is -2.27. The first kappa shape index (κ1) is 20.5. The zero-order chi connectivity index (χ0) is 20.1. The van der Waals surface area contributed by atoms with Crippen LogP contribution in [0, 0.1) is 0 Å². The molecule has 6 heteroatoms. The van der Waals surface area contributed by atoms with E-state index in [4.69, 9.17) is 21.1 Å². The summed E-state index contributed by atoms with van der Waals surface area (Å²) in [6.07, 6.45) is 1.89. The predicted octanol–water partition coefficient (Wildman–Crippen LogP) is 4.37. The van der Waals surface area contributed by atoms with Crippen molar-refractivity contribution in [3.05, 3.63) is 58.6 Å². The van der Waals surface area contributed by atoms with Crippen molar-refractivity contribution in [1.82, 2.24) is 10.2 Å². The van der Waals surface area contributed by atoms with E-state index in [1.807, 2.05) is 54.3 Å². The minimum Gasteiger partial charge on any atom is -0.497 e. The summed E-state index contributed by atoms with van der Waals surface area (Å²) in [6, 6.07) is 13.5. The molecule has 2 aromatic carbocycles. The van der Waals surface area contributed by atoms with Crippen LogP contribution in [0.15, 0.2) is 42.5 Å². The highest BCUT2D eigenvalue weighted by Crippen LogP contribution is 2.38. The van der Waals surface area contributed by atoms with Crippen LogP contribution in [-0.2, 0) is 4.79 Å². The molecule has 3 rings (SSSR count). The third-order valence-electron chi connectivity index (χ3n) is 5.28. The molecule has 0 aromatic heterocycles. The molecule has 5 nitrogen and oxygen atoms in total. The average molecular weight is 403 g/mol. The fourth-order valence-corrected chi connectivity index (χ4v) is 3.92. The van der Waals surface area contributed by atoms with E-state index in [1.165, 1.54) is 0 Å². The number of amides is 1. The number of carbonyl (C=O) groups excluding carboxylic acids is 1. The minimum atomic E-state index is 0.000765. The highest BCUT2D eigenvalue weighted by Gasteiger charge is 2.32. The highest BCUT2D eigenvalue weighted by molar-refractivity contribution is 6.30. The first-order valence-electron chi connectivity index (χ1n) is 9.53. The molecule has 2 atom stereocenters. The molecule has 1 saturated heterocycles. The third-order valence-corrected chi connectivity index (χ3v) is 5.51. The van der Waals surface area contributed by atoms with Crippen LogP contribution in [0.4, 0.5) is 0 Å². The SMILES string of the molecule is COc1ccc(OC)c(C2CCCN2C(=O)CNC(C)c2cccc(Cl)c2)c1. The van der Waals surface area contributed by atoms with E-state index >= 15 is 0 Å². The van der Waals surface area contributed by atoms with Crippen molar-refractivity contribution in [2.24, 2.45) is 0 Å². The van der Waals surface area contributed by atoms with Gasteiger partial charge in [0.05, 0.1) is 26.8 Å². The summed E-state index contributed by atoms with van der Waals surface area (Å²) in [5.74, 6) is 1.63. The van der Waals surface area contributed by atoms with Crippen molar-refractivity contribution in [3.63, 3.8) is 0 Å². The van der Waals surface area contributed by atoms with E-state index in [-0.39, 0.29) is 24.5 Å². The van der Waals surface area contributed by atoms with Gasteiger partial charge in [0.25, 0.3) is 0 Å². The molecule has 0 spiro atoms. The van der Waals surface area contributed by atoms with Gasteiger partial charge in [0, 0.05) is 23.2 Å². The lowest BCUT2D eigenvalue weighted by molar-refractivity contribution is -0.131. The quantitative estimate of drug-likeness (QED) is 0.747.